The van der Waals surface area contributed by atoms with Crippen LogP contribution in [0.3, 0.4) is 0 Å². The first-order valence-corrected chi connectivity index (χ1v) is 5.02. The molecule has 1 radical (unpaired) electrons. The molecule has 1 heteroatoms. The van der Waals surface area contributed by atoms with Gasteiger partial charge < -0.3 is 6.92 Å². The van der Waals surface area contributed by atoms with Gasteiger partial charge in [-0.25, -0.2) is 0 Å². The van der Waals surface area contributed by atoms with Crippen LogP contribution in [0.4, 0.5) is 0 Å². The van der Waals surface area contributed by atoms with Gasteiger partial charge in [0.15, 0.2) is 0 Å². The Morgan fingerprint density at radius 1 is 0.619 bits per heavy atom. The van der Waals surface area contributed by atoms with E-state index in [2.05, 4.69) is 27.7 Å². The minimum absolute atomic E-state index is 0. The minimum Gasteiger partial charge on any atom is -0.346 e. The maximum Gasteiger partial charge on any atom is 0 e. The van der Waals surface area contributed by atoms with Crippen LogP contribution in [-0.2, 0) is 32.7 Å². The van der Waals surface area contributed by atoms with Crippen molar-refractivity contribution in [3.8, 4) is 0 Å². The molecule has 0 saturated heterocycles. The molecule has 1 atom stereocenters. The van der Waals surface area contributed by atoms with Gasteiger partial charge in [0.25, 0.3) is 0 Å². The predicted molar refractivity (Wildman–Crippen MR) is 115 cm³/mol. The van der Waals surface area contributed by atoms with Crippen molar-refractivity contribution in [2.24, 2.45) is 5.92 Å². The van der Waals surface area contributed by atoms with Crippen molar-refractivity contribution >= 4 is 0 Å². The summed E-state index contributed by atoms with van der Waals surface area (Å²) in [6.07, 6.45) is 6.98. The molecule has 0 spiro atoms. The Morgan fingerprint density at radius 2 is 0.905 bits per heavy atom. The SMILES string of the molecule is C.C.C.C.C.C.C.C.C.CCCCC(C)CCC.[CH2-]C.[Y]. The van der Waals surface area contributed by atoms with E-state index in [1.807, 2.05) is 0 Å². The fourth-order valence-corrected chi connectivity index (χ4v) is 1.19. The van der Waals surface area contributed by atoms with E-state index in [0.717, 1.165) is 5.92 Å². The number of rotatable bonds is 5. The fraction of sp³-hybridized carbons (Fsp3) is 0.950. The van der Waals surface area contributed by atoms with Gasteiger partial charge in [0, 0.05) is 32.7 Å². The van der Waals surface area contributed by atoms with E-state index in [4.69, 9.17) is 0 Å². The van der Waals surface area contributed by atoms with E-state index in [-0.39, 0.29) is 99.5 Å². The zero-order valence-corrected chi connectivity index (χ0v) is 12.2. The third-order valence-corrected chi connectivity index (χ3v) is 1.83. The monoisotopic (exact) mass is 390 g/mol. The first-order chi connectivity index (χ1) is 5.31. The number of unbranched alkanes of at least 4 members (excludes halogenated alkanes) is 1. The van der Waals surface area contributed by atoms with E-state index in [1.165, 1.54) is 32.1 Å². The molecular formula is C20H61Y-. The summed E-state index contributed by atoms with van der Waals surface area (Å²) < 4.78 is 0. The summed E-state index contributed by atoms with van der Waals surface area (Å²) in [5.41, 5.74) is 0. The van der Waals surface area contributed by atoms with Gasteiger partial charge in [-0.15, -0.1) is 0 Å². The average Bonchev–Trinajstić information content (AvgIpc) is 2.05. The topological polar surface area (TPSA) is 0 Å². The summed E-state index contributed by atoms with van der Waals surface area (Å²) >= 11 is 0. The summed E-state index contributed by atoms with van der Waals surface area (Å²) in [4.78, 5) is 0. The maximum atomic E-state index is 3.25. The standard InChI is InChI=1S/C9H20.C2H5.9CH4.Y/c1-4-6-8-9(3)7-5-2;1-2;;;;;;;;;;/h9H,4-8H2,1-3H3;1H2,2H3;9*1H4;/q;-1;;;;;;;;;;. The summed E-state index contributed by atoms with van der Waals surface area (Å²) in [7, 11) is 0. The predicted octanol–water partition coefficient (Wildman–Crippen LogP) is 10.2. The molecule has 0 aromatic heterocycles. The first kappa shape index (κ1) is 96.4. The van der Waals surface area contributed by atoms with Crippen LogP contribution in [0.5, 0.6) is 0 Å². The Bertz CT molecular complexity index is 53.8. The van der Waals surface area contributed by atoms with Gasteiger partial charge in [-0.3, -0.25) is 0 Å². The molecule has 0 aromatic rings. The smallest absolute Gasteiger partial charge is 0 e. The van der Waals surface area contributed by atoms with Crippen LogP contribution in [0.1, 0.15) is 127 Å². The second kappa shape index (κ2) is 103. The molecule has 0 saturated carbocycles. The number of hydrogen-bond donors (Lipinski definition) is 0. The first-order valence-electron chi connectivity index (χ1n) is 5.02. The molecule has 0 aliphatic rings. The summed E-state index contributed by atoms with van der Waals surface area (Å²) in [6.45, 7) is 11.9. The van der Waals surface area contributed by atoms with Crippen molar-refractivity contribution in [3.63, 3.8) is 0 Å². The maximum absolute atomic E-state index is 3.25. The Kier molecular flexibility index (Phi) is 473. The minimum atomic E-state index is 0. The molecule has 0 aliphatic heterocycles. The normalized spacial score (nSPS) is 6.14. The molecule has 0 bridgehead atoms. The largest absolute Gasteiger partial charge is 0.346 e. The van der Waals surface area contributed by atoms with Crippen molar-refractivity contribution in [2.75, 3.05) is 0 Å². The van der Waals surface area contributed by atoms with E-state index in [0.29, 0.717) is 0 Å². The van der Waals surface area contributed by atoms with E-state index in [1.54, 1.807) is 6.92 Å². The van der Waals surface area contributed by atoms with Gasteiger partial charge in [0.1, 0.15) is 0 Å². The summed E-state index contributed by atoms with van der Waals surface area (Å²) in [5.74, 6) is 0.968. The summed E-state index contributed by atoms with van der Waals surface area (Å²) in [5, 5.41) is 0. The Balaban J connectivity index is -0.00000000647. The molecule has 0 nitrogen and oxygen atoms in total. The van der Waals surface area contributed by atoms with Gasteiger partial charge >= 0.3 is 0 Å². The van der Waals surface area contributed by atoms with Gasteiger partial charge in [-0.05, 0) is 5.92 Å². The second-order valence-corrected chi connectivity index (χ2v) is 3.04. The third-order valence-electron chi connectivity index (χ3n) is 1.83. The molecule has 0 N–H and O–H groups in total. The molecule has 21 heavy (non-hydrogen) atoms. The van der Waals surface area contributed by atoms with Crippen molar-refractivity contribution in [1.82, 2.24) is 0 Å². The van der Waals surface area contributed by atoms with Gasteiger partial charge in [0.2, 0.25) is 0 Å². The van der Waals surface area contributed by atoms with Crippen LogP contribution in [-0.4, -0.2) is 0 Å². The molecule has 0 aromatic carbocycles. The van der Waals surface area contributed by atoms with Crippen LogP contribution in [0, 0.1) is 12.8 Å². The quantitative estimate of drug-likeness (QED) is 0.409. The van der Waals surface area contributed by atoms with E-state index in [9.17, 15) is 0 Å². The molecule has 0 heterocycles. The zero-order valence-electron chi connectivity index (χ0n) is 9.40. The molecule has 0 aliphatic carbocycles. The van der Waals surface area contributed by atoms with Crippen molar-refractivity contribution in [3.05, 3.63) is 6.92 Å². The van der Waals surface area contributed by atoms with Crippen LogP contribution >= 0.6 is 0 Å². The molecule has 1 unspecified atom stereocenters. The molecule has 0 fully saturated rings. The van der Waals surface area contributed by atoms with Crippen LogP contribution < -0.4 is 0 Å². The van der Waals surface area contributed by atoms with Gasteiger partial charge in [-0.1, -0.05) is 120 Å². The summed E-state index contributed by atoms with van der Waals surface area (Å²) in [6, 6.07) is 0. The Morgan fingerprint density at radius 3 is 1.10 bits per heavy atom. The van der Waals surface area contributed by atoms with Gasteiger partial charge in [0.05, 0.1) is 0 Å². The van der Waals surface area contributed by atoms with Crippen LogP contribution in [0.2, 0.25) is 0 Å². The fourth-order valence-electron chi connectivity index (χ4n) is 1.19. The Hall–Kier alpha value is 1.10. The van der Waals surface area contributed by atoms with Crippen LogP contribution in [0.15, 0.2) is 0 Å². The van der Waals surface area contributed by atoms with Crippen molar-refractivity contribution < 1.29 is 32.7 Å². The van der Waals surface area contributed by atoms with E-state index < -0.39 is 0 Å². The molecular weight excluding hydrogens is 329 g/mol. The number of hydrogen-bond acceptors (Lipinski definition) is 0. The molecule has 0 amide bonds. The second-order valence-electron chi connectivity index (χ2n) is 3.04. The average molecular weight is 391 g/mol. The van der Waals surface area contributed by atoms with Gasteiger partial charge in [-0.2, -0.15) is 6.92 Å². The van der Waals surface area contributed by atoms with Crippen molar-refractivity contribution in [1.29, 1.82) is 0 Å². The van der Waals surface area contributed by atoms with Crippen LogP contribution in [0.25, 0.3) is 0 Å². The molecule has 145 valence electrons. The molecule has 0 rings (SSSR count). The zero-order chi connectivity index (χ0) is 9.11. The van der Waals surface area contributed by atoms with Crippen molar-refractivity contribution in [2.45, 2.75) is 127 Å². The Labute approximate surface area is 171 Å². The third kappa shape index (κ3) is 117. The van der Waals surface area contributed by atoms with E-state index >= 15 is 0 Å².